The van der Waals surface area contributed by atoms with Crippen LogP contribution in [0.2, 0.25) is 0 Å². The molecule has 1 aliphatic carbocycles. The minimum absolute atomic E-state index is 0.00580. The monoisotopic (exact) mass is 501 g/mol. The second-order valence-electron chi connectivity index (χ2n) is 11.5. The third kappa shape index (κ3) is 6.77. The van der Waals surface area contributed by atoms with E-state index < -0.39 is 83.8 Å². The molecule has 2 saturated heterocycles. The minimum atomic E-state index is -3.04. The number of alkyl halides is 2. The predicted molar refractivity (Wildman–Crippen MR) is 121 cm³/mol. The van der Waals surface area contributed by atoms with Crippen LogP contribution >= 0.6 is 0 Å². The number of carboxylic acid groups (broad SMARTS) is 1. The first kappa shape index (κ1) is 27.5. The minimum Gasteiger partial charge on any atom is -0.481 e. The van der Waals surface area contributed by atoms with Gasteiger partial charge in [-0.2, -0.15) is 0 Å². The zero-order chi connectivity index (χ0) is 26.2. The maximum atomic E-state index is 14.6. The van der Waals surface area contributed by atoms with Crippen molar-refractivity contribution in [2.45, 2.75) is 109 Å². The first-order valence-electron chi connectivity index (χ1n) is 12.5. The Labute approximate surface area is 204 Å². The molecule has 2 N–H and O–H groups in total. The number of hydrogen-bond acceptors (Lipinski definition) is 6. The lowest BCUT2D eigenvalue weighted by molar-refractivity contribution is -0.159. The average Bonchev–Trinajstić information content (AvgIpc) is 3.22. The molecule has 3 aliphatic rings. The van der Waals surface area contributed by atoms with Gasteiger partial charge in [-0.15, -0.1) is 0 Å². The van der Waals surface area contributed by atoms with Crippen molar-refractivity contribution < 1.29 is 42.9 Å². The summed E-state index contributed by atoms with van der Waals surface area (Å²) in [5.41, 5.74) is -2.31. The fourth-order valence-electron chi connectivity index (χ4n) is 5.54. The molecule has 3 fully saturated rings. The molecule has 2 heterocycles. The van der Waals surface area contributed by atoms with Gasteiger partial charge in [-0.05, 0) is 46.0 Å². The van der Waals surface area contributed by atoms with E-state index in [1.807, 2.05) is 0 Å². The predicted octanol–water partition coefficient (Wildman–Crippen LogP) is 3.34. The molecule has 0 radical (unpaired) electrons. The lowest BCUT2D eigenvalue weighted by atomic mass is 9.90. The Kier molecular flexibility index (Phi) is 7.94. The molecule has 0 aromatic heterocycles. The molecule has 0 bridgehead atoms. The van der Waals surface area contributed by atoms with Crippen molar-refractivity contribution in [3.63, 3.8) is 0 Å². The summed E-state index contributed by atoms with van der Waals surface area (Å²) < 4.78 is 34.5. The van der Waals surface area contributed by atoms with Gasteiger partial charge in [0.15, 0.2) is 5.78 Å². The maximum absolute atomic E-state index is 14.6. The zero-order valence-electron chi connectivity index (χ0n) is 20.7. The molecule has 8 nitrogen and oxygen atoms in total. The van der Waals surface area contributed by atoms with Gasteiger partial charge >= 0.3 is 11.9 Å². The van der Waals surface area contributed by atoms with Crippen molar-refractivity contribution in [3.8, 4) is 0 Å². The molecule has 1 saturated carbocycles. The van der Waals surface area contributed by atoms with Crippen molar-refractivity contribution in [2.24, 2.45) is 17.3 Å². The van der Waals surface area contributed by atoms with Crippen LogP contribution in [0.4, 0.5) is 8.78 Å². The normalized spacial score (nSPS) is 34.3. The number of ketones is 1. The summed E-state index contributed by atoms with van der Waals surface area (Å²) in [4.78, 5) is 52.4. The number of nitrogens with zero attached hydrogens (tertiary/aromatic N) is 1. The quantitative estimate of drug-likeness (QED) is 0.569. The number of aliphatic hydroxyl groups excluding tert-OH is 1. The highest BCUT2D eigenvalue weighted by Crippen LogP contribution is 2.60. The molecule has 0 aromatic rings. The van der Waals surface area contributed by atoms with Gasteiger partial charge in [-0.3, -0.25) is 19.2 Å². The zero-order valence-corrected chi connectivity index (χ0v) is 20.7. The number of halogens is 2. The number of amides is 1. The SMILES string of the molecule is CC(C)(C)OC(=O)C[C@H]1CCCCCC(F)(F)C[C@@H]2C[C@@]2(C(=O)O)CC(=O)[C@@H]2C[C@@H](O)CN2C1=O. The van der Waals surface area contributed by atoms with Gasteiger partial charge in [-0.1, -0.05) is 12.8 Å². The molecular weight excluding hydrogens is 464 g/mol. The lowest BCUT2D eigenvalue weighted by Crippen LogP contribution is -2.45. The first-order valence-corrected chi connectivity index (χ1v) is 12.5. The molecule has 1 amide bonds. The van der Waals surface area contributed by atoms with E-state index in [4.69, 9.17) is 4.74 Å². The third-order valence-electron chi connectivity index (χ3n) is 7.40. The molecular formula is C25H37F2NO7. The maximum Gasteiger partial charge on any atom is 0.310 e. The van der Waals surface area contributed by atoms with E-state index in [0.29, 0.717) is 12.8 Å². The first-order chi connectivity index (χ1) is 16.1. The van der Waals surface area contributed by atoms with Crippen molar-refractivity contribution in [1.82, 2.24) is 4.90 Å². The molecule has 5 atom stereocenters. The largest absolute Gasteiger partial charge is 0.481 e. The van der Waals surface area contributed by atoms with Crippen LogP contribution in [0.3, 0.4) is 0 Å². The number of carbonyl (C=O) groups excluding carboxylic acids is 3. The van der Waals surface area contributed by atoms with Crippen LogP contribution in [-0.4, -0.2) is 69.0 Å². The Morgan fingerprint density at radius 3 is 2.46 bits per heavy atom. The highest BCUT2D eigenvalue weighted by Gasteiger charge is 2.63. The van der Waals surface area contributed by atoms with E-state index >= 15 is 0 Å². The number of Topliss-reactive ketones (excluding diaryl/α,β-unsaturated/α-hetero) is 1. The van der Waals surface area contributed by atoms with Gasteiger partial charge in [0.25, 0.3) is 0 Å². The van der Waals surface area contributed by atoms with Gasteiger partial charge in [0, 0.05) is 38.1 Å². The lowest BCUT2D eigenvalue weighted by Gasteiger charge is -2.29. The van der Waals surface area contributed by atoms with E-state index in [0.717, 1.165) is 0 Å². The summed E-state index contributed by atoms with van der Waals surface area (Å²) in [6.45, 7) is 5.02. The van der Waals surface area contributed by atoms with Crippen LogP contribution in [0.25, 0.3) is 0 Å². The molecule has 0 unspecified atom stereocenters. The van der Waals surface area contributed by atoms with Gasteiger partial charge in [0.05, 0.1) is 24.0 Å². The van der Waals surface area contributed by atoms with Crippen LogP contribution in [0, 0.1) is 17.3 Å². The number of hydrogen-bond donors (Lipinski definition) is 2. The Morgan fingerprint density at radius 2 is 1.83 bits per heavy atom. The van der Waals surface area contributed by atoms with Crippen LogP contribution in [0.5, 0.6) is 0 Å². The number of esters is 1. The van der Waals surface area contributed by atoms with Gasteiger partial charge in [0.2, 0.25) is 11.8 Å². The second kappa shape index (κ2) is 10.1. The van der Waals surface area contributed by atoms with E-state index in [9.17, 15) is 38.2 Å². The fourth-order valence-corrected chi connectivity index (χ4v) is 5.54. The summed E-state index contributed by atoms with van der Waals surface area (Å²) in [6, 6.07) is -1.04. The Balaban J connectivity index is 1.86. The highest BCUT2D eigenvalue weighted by molar-refractivity contribution is 5.95. The standard InChI is InChI=1S/C25H37F2NO7/c1-23(2,3)35-20(31)9-15-7-5-4-6-8-25(26,27)12-16-11-24(16,22(33)34)13-19(30)18-10-17(29)14-28(18)21(15)32/h15-18,29H,4-14H2,1-3H3,(H,33,34)/t15-,16+,17-,18+,24-/m1/s1. The van der Waals surface area contributed by atoms with E-state index in [2.05, 4.69) is 0 Å². The molecule has 198 valence electrons. The molecule has 35 heavy (non-hydrogen) atoms. The third-order valence-corrected chi connectivity index (χ3v) is 7.40. The topological polar surface area (TPSA) is 121 Å². The van der Waals surface area contributed by atoms with E-state index in [-0.39, 0.29) is 38.6 Å². The van der Waals surface area contributed by atoms with Crippen molar-refractivity contribution in [2.75, 3.05) is 6.54 Å². The molecule has 0 aromatic carbocycles. The fraction of sp³-hybridized carbons (Fsp3) is 0.840. The van der Waals surface area contributed by atoms with Crippen LogP contribution in [0.15, 0.2) is 0 Å². The van der Waals surface area contributed by atoms with Crippen molar-refractivity contribution >= 4 is 23.6 Å². The molecule has 10 heteroatoms. The number of aliphatic carboxylic acids is 1. The Morgan fingerprint density at radius 1 is 1.14 bits per heavy atom. The summed E-state index contributed by atoms with van der Waals surface area (Å²) in [6.07, 6.45) is -1.33. The van der Waals surface area contributed by atoms with Crippen molar-refractivity contribution in [3.05, 3.63) is 0 Å². The van der Waals surface area contributed by atoms with Gasteiger partial charge in [-0.25, -0.2) is 8.78 Å². The Bertz CT molecular complexity index is 855. The van der Waals surface area contributed by atoms with Gasteiger partial charge < -0.3 is 19.8 Å². The highest BCUT2D eigenvalue weighted by atomic mass is 19.3. The molecule has 0 spiro atoms. The number of carboxylic acids is 1. The number of aliphatic hydroxyl groups is 1. The summed E-state index contributed by atoms with van der Waals surface area (Å²) >= 11 is 0. The summed E-state index contributed by atoms with van der Waals surface area (Å²) in [7, 11) is 0. The Hall–Kier alpha value is -2.10. The molecule has 3 rings (SSSR count). The average molecular weight is 502 g/mol. The van der Waals surface area contributed by atoms with Crippen LogP contribution in [0.1, 0.15) is 85.0 Å². The summed E-state index contributed by atoms with van der Waals surface area (Å²) in [5, 5.41) is 20.0. The number of carbonyl (C=O) groups is 4. The molecule has 2 aliphatic heterocycles. The van der Waals surface area contributed by atoms with Crippen LogP contribution < -0.4 is 0 Å². The number of fused-ring (bicyclic) bond motifs is 2. The smallest absolute Gasteiger partial charge is 0.310 e. The van der Waals surface area contributed by atoms with Crippen LogP contribution in [-0.2, 0) is 23.9 Å². The number of ether oxygens (including phenoxy) is 1. The second-order valence-corrected chi connectivity index (χ2v) is 11.5. The van der Waals surface area contributed by atoms with Crippen molar-refractivity contribution in [1.29, 1.82) is 0 Å². The summed E-state index contributed by atoms with van der Waals surface area (Å²) in [5.74, 6) is -7.54. The van der Waals surface area contributed by atoms with E-state index in [1.165, 1.54) is 4.90 Å². The number of rotatable bonds is 3. The van der Waals surface area contributed by atoms with Gasteiger partial charge in [0.1, 0.15) is 5.60 Å². The van der Waals surface area contributed by atoms with E-state index in [1.54, 1.807) is 20.8 Å².